The van der Waals surface area contributed by atoms with Gasteiger partial charge in [0.2, 0.25) is 0 Å². The molecule has 3 nitrogen and oxygen atoms in total. The van der Waals surface area contributed by atoms with E-state index in [1.807, 2.05) is 24.3 Å². The Labute approximate surface area is 97.2 Å². The minimum atomic E-state index is -2.17. The summed E-state index contributed by atoms with van der Waals surface area (Å²) >= 11 is 0. The van der Waals surface area contributed by atoms with E-state index in [1.54, 1.807) is 12.5 Å². The van der Waals surface area contributed by atoms with Gasteiger partial charge in [0.15, 0.2) is 0 Å². The van der Waals surface area contributed by atoms with Gasteiger partial charge < -0.3 is 4.74 Å². The second-order valence-corrected chi connectivity index (χ2v) is 7.31. The summed E-state index contributed by atoms with van der Waals surface area (Å²) in [6.07, 6.45) is 4.53. The van der Waals surface area contributed by atoms with Crippen molar-refractivity contribution in [2.24, 2.45) is 0 Å². The van der Waals surface area contributed by atoms with Crippen LogP contribution in [0.4, 0.5) is 0 Å². The Kier molecular flexibility index (Phi) is 4.24. The molecule has 0 fully saturated rings. The predicted octanol–water partition coefficient (Wildman–Crippen LogP) is 1.43. The fourth-order valence-electron chi connectivity index (χ4n) is 1.37. The average Bonchev–Trinajstić information content (AvgIpc) is 2.25. The van der Waals surface area contributed by atoms with E-state index in [0.717, 1.165) is 10.5 Å². The summed E-state index contributed by atoms with van der Waals surface area (Å²) < 4.78 is 16.3. The first-order chi connectivity index (χ1) is 7.43. The van der Waals surface area contributed by atoms with Crippen molar-refractivity contribution in [2.75, 3.05) is 19.6 Å². The molecule has 0 aliphatic carbocycles. The van der Waals surface area contributed by atoms with Gasteiger partial charge in [0.1, 0.15) is 0 Å². The molecule has 0 bridgehead atoms. The fraction of sp³-hybridized carbons (Fsp3) is 0.417. The number of carbonyl (C=O) groups excluding carboxylic acids is 1. The van der Waals surface area contributed by atoms with Crippen LogP contribution >= 0.6 is 0 Å². The normalized spacial score (nSPS) is 12.2. The highest BCUT2D eigenvalue weighted by Crippen LogP contribution is 2.15. The van der Waals surface area contributed by atoms with E-state index in [9.17, 15) is 9.00 Å². The highest BCUT2D eigenvalue weighted by molar-refractivity contribution is 8.01. The van der Waals surface area contributed by atoms with Gasteiger partial charge in [-0.15, -0.1) is 0 Å². The van der Waals surface area contributed by atoms with Crippen LogP contribution in [0.15, 0.2) is 29.2 Å². The molecule has 0 saturated heterocycles. The maximum absolute atomic E-state index is 11.8. The van der Waals surface area contributed by atoms with E-state index in [4.69, 9.17) is 0 Å². The van der Waals surface area contributed by atoms with Gasteiger partial charge in [-0.25, -0.2) is 0 Å². The number of hydrogen-bond acceptors (Lipinski definition) is 3. The van der Waals surface area contributed by atoms with Crippen LogP contribution in [0.1, 0.15) is 12.0 Å². The monoisotopic (exact) mass is 242 g/mol. The Bertz CT molecular complexity index is 403. The van der Waals surface area contributed by atoms with Crippen molar-refractivity contribution < 1.29 is 13.7 Å². The smallest absolute Gasteiger partial charge is 0.305 e. The molecule has 0 unspecified atom stereocenters. The van der Waals surface area contributed by atoms with E-state index < -0.39 is 9.93 Å². The van der Waals surface area contributed by atoms with Crippen molar-refractivity contribution in [2.45, 2.75) is 17.7 Å². The second-order valence-electron chi connectivity index (χ2n) is 4.09. The molecule has 0 aliphatic heterocycles. The van der Waals surface area contributed by atoms with Crippen LogP contribution in [0.25, 0.3) is 0 Å². The SMILES string of the molecule is COC(=O)CCc1ccc([SH](C)(C)=O)cc1. The quantitative estimate of drug-likeness (QED) is 0.641. The van der Waals surface area contributed by atoms with Crippen LogP contribution in [0.5, 0.6) is 0 Å². The third-order valence-corrected chi connectivity index (χ3v) is 3.95. The summed E-state index contributed by atoms with van der Waals surface area (Å²) in [5.74, 6) is -0.208. The van der Waals surface area contributed by atoms with Gasteiger partial charge in [0.05, 0.1) is 7.11 Å². The standard InChI is InChI=1S/C12H18O3S/c1-15-12(13)9-6-10-4-7-11(8-5-10)16(2,3)14/h4-5,7-8,16H,6,9H2,1-3H3. The average molecular weight is 242 g/mol. The van der Waals surface area contributed by atoms with Crippen molar-refractivity contribution in [1.82, 2.24) is 0 Å². The van der Waals surface area contributed by atoms with Crippen LogP contribution < -0.4 is 0 Å². The molecular formula is C12H18O3S. The molecule has 90 valence electrons. The molecule has 0 spiro atoms. The topological polar surface area (TPSA) is 43.4 Å². The maximum atomic E-state index is 11.8. The first kappa shape index (κ1) is 12.9. The van der Waals surface area contributed by atoms with E-state index in [0.29, 0.717) is 12.8 Å². The van der Waals surface area contributed by atoms with Gasteiger partial charge in [0, 0.05) is 11.3 Å². The zero-order chi connectivity index (χ0) is 12.2. The number of rotatable bonds is 4. The Morgan fingerprint density at radius 3 is 2.25 bits per heavy atom. The molecule has 0 amide bonds. The minimum Gasteiger partial charge on any atom is -0.469 e. The number of hydrogen-bond donors (Lipinski definition) is 1. The lowest BCUT2D eigenvalue weighted by molar-refractivity contribution is -0.140. The molecule has 0 heterocycles. The van der Waals surface area contributed by atoms with Crippen LogP contribution in [-0.2, 0) is 25.9 Å². The largest absolute Gasteiger partial charge is 0.469 e. The zero-order valence-corrected chi connectivity index (χ0v) is 10.8. The molecule has 4 heteroatoms. The van der Waals surface area contributed by atoms with Crippen molar-refractivity contribution in [3.05, 3.63) is 29.8 Å². The number of esters is 1. The van der Waals surface area contributed by atoms with Crippen molar-refractivity contribution >= 4 is 15.9 Å². The number of carbonyl (C=O) groups is 1. The van der Waals surface area contributed by atoms with Crippen molar-refractivity contribution in [3.63, 3.8) is 0 Å². The summed E-state index contributed by atoms with van der Waals surface area (Å²) in [6, 6.07) is 7.57. The molecule has 0 saturated carbocycles. The maximum Gasteiger partial charge on any atom is 0.305 e. The molecular weight excluding hydrogens is 224 g/mol. The van der Waals surface area contributed by atoms with Crippen LogP contribution in [0.3, 0.4) is 0 Å². The molecule has 0 aromatic heterocycles. The molecule has 16 heavy (non-hydrogen) atoms. The van der Waals surface area contributed by atoms with Gasteiger partial charge >= 0.3 is 5.97 Å². The number of thiol groups is 1. The Morgan fingerprint density at radius 2 is 1.81 bits per heavy atom. The highest BCUT2D eigenvalue weighted by Gasteiger charge is 2.05. The van der Waals surface area contributed by atoms with E-state index in [2.05, 4.69) is 4.74 Å². The van der Waals surface area contributed by atoms with Gasteiger partial charge in [-0.3, -0.25) is 9.00 Å². The van der Waals surface area contributed by atoms with Crippen molar-refractivity contribution in [3.8, 4) is 0 Å². The van der Waals surface area contributed by atoms with Gasteiger partial charge in [-0.2, -0.15) is 0 Å². The predicted molar refractivity (Wildman–Crippen MR) is 66.4 cm³/mol. The molecule has 1 rings (SSSR count). The number of aryl methyl sites for hydroxylation is 1. The molecule has 1 aromatic carbocycles. The highest BCUT2D eigenvalue weighted by atomic mass is 32.2. The lowest BCUT2D eigenvalue weighted by Gasteiger charge is -2.12. The minimum absolute atomic E-state index is 0.208. The molecule has 1 aromatic rings. The third-order valence-electron chi connectivity index (χ3n) is 2.40. The lowest BCUT2D eigenvalue weighted by atomic mass is 10.1. The number of ether oxygens (including phenoxy) is 1. The summed E-state index contributed by atoms with van der Waals surface area (Å²) in [6.45, 7) is 0. The third kappa shape index (κ3) is 3.77. The molecule has 0 N–H and O–H groups in total. The zero-order valence-electron chi connectivity index (χ0n) is 9.90. The molecule has 0 atom stereocenters. The van der Waals surface area contributed by atoms with Gasteiger partial charge in [-0.05, 0) is 36.6 Å². The lowest BCUT2D eigenvalue weighted by Crippen LogP contribution is -2.06. The van der Waals surface area contributed by atoms with Crippen LogP contribution in [-0.4, -0.2) is 29.8 Å². The Morgan fingerprint density at radius 1 is 1.25 bits per heavy atom. The Balaban J connectivity index is 2.65. The number of benzene rings is 1. The summed E-state index contributed by atoms with van der Waals surface area (Å²) in [5, 5.41) is 0. The van der Waals surface area contributed by atoms with Crippen LogP contribution in [0.2, 0.25) is 0 Å². The number of methoxy groups -OCH3 is 1. The summed E-state index contributed by atoms with van der Waals surface area (Å²) in [5.41, 5.74) is 1.06. The Hall–Kier alpha value is -1.16. The van der Waals surface area contributed by atoms with E-state index >= 15 is 0 Å². The van der Waals surface area contributed by atoms with Gasteiger partial charge in [-0.1, -0.05) is 22.1 Å². The van der Waals surface area contributed by atoms with Crippen LogP contribution in [0, 0.1) is 0 Å². The first-order valence-electron chi connectivity index (χ1n) is 5.15. The van der Waals surface area contributed by atoms with E-state index in [-0.39, 0.29) is 5.97 Å². The molecule has 0 radical (unpaired) electrons. The van der Waals surface area contributed by atoms with E-state index in [1.165, 1.54) is 7.11 Å². The summed E-state index contributed by atoms with van der Waals surface area (Å²) in [7, 11) is -0.789. The molecule has 0 aliphatic rings. The summed E-state index contributed by atoms with van der Waals surface area (Å²) in [4.78, 5) is 11.8. The first-order valence-corrected chi connectivity index (χ1v) is 7.75. The van der Waals surface area contributed by atoms with Crippen molar-refractivity contribution in [1.29, 1.82) is 0 Å². The van der Waals surface area contributed by atoms with Gasteiger partial charge in [0.25, 0.3) is 0 Å². The second kappa shape index (κ2) is 5.25. The fourth-order valence-corrected chi connectivity index (χ4v) is 2.24.